The first-order valence-electron chi connectivity index (χ1n) is 9.23. The number of aryl methyl sites for hydroxylation is 1. The van der Waals surface area contributed by atoms with E-state index in [2.05, 4.69) is 73.5 Å². The summed E-state index contributed by atoms with van der Waals surface area (Å²) in [5, 5.41) is 0. The maximum atomic E-state index is 6.46. The van der Waals surface area contributed by atoms with Gasteiger partial charge in [0.1, 0.15) is 0 Å². The van der Waals surface area contributed by atoms with Gasteiger partial charge in [0.2, 0.25) is 0 Å². The summed E-state index contributed by atoms with van der Waals surface area (Å²) in [5.41, 5.74) is 3.86. The van der Waals surface area contributed by atoms with Gasteiger partial charge in [0, 0.05) is 12.6 Å². The highest BCUT2D eigenvalue weighted by molar-refractivity contribution is 6.80. The lowest BCUT2D eigenvalue weighted by Gasteiger charge is -2.33. The summed E-state index contributed by atoms with van der Waals surface area (Å²) < 4.78 is 6.46. The number of nitrogens with zero attached hydrogens (tertiary/aromatic N) is 1. The zero-order chi connectivity index (χ0) is 16.8. The molecule has 0 N–H and O–H groups in total. The number of likely N-dealkylation sites (N-methyl/N-ethyl adjacent to an activating group) is 1. The lowest BCUT2D eigenvalue weighted by Crippen LogP contribution is -2.48. The fourth-order valence-corrected chi connectivity index (χ4v) is 3.50. The molecule has 0 saturated carbocycles. The van der Waals surface area contributed by atoms with E-state index in [1.54, 1.807) is 0 Å². The molecule has 1 heterocycles. The summed E-state index contributed by atoms with van der Waals surface area (Å²) in [5.74, 6) is 0. The highest BCUT2D eigenvalue weighted by atomic mass is 16.4. The third kappa shape index (κ3) is 5.20. The molecule has 1 unspecified atom stereocenters. The Bertz CT molecular complexity index is 614. The van der Waals surface area contributed by atoms with E-state index in [9.17, 15) is 0 Å². The largest absolute Gasteiger partial charge is 0.425 e. The Morgan fingerprint density at radius 1 is 1.00 bits per heavy atom. The molecule has 3 rings (SSSR count). The van der Waals surface area contributed by atoms with Crippen molar-refractivity contribution in [3.05, 3.63) is 60.2 Å². The van der Waals surface area contributed by atoms with Crippen LogP contribution in [0.15, 0.2) is 54.6 Å². The van der Waals surface area contributed by atoms with Gasteiger partial charge in [0.05, 0.1) is 0 Å². The second-order valence-corrected chi connectivity index (χ2v) is 6.85. The van der Waals surface area contributed by atoms with E-state index < -0.39 is 0 Å². The Labute approximate surface area is 154 Å². The molecule has 3 heteroatoms. The average molecular weight is 337 g/mol. The zero-order valence-corrected chi connectivity index (χ0v) is 14.9. The number of benzene rings is 2. The molecule has 2 nitrogen and oxygen atoms in total. The van der Waals surface area contributed by atoms with E-state index in [1.807, 2.05) is 0 Å². The van der Waals surface area contributed by atoms with Gasteiger partial charge in [-0.25, -0.2) is 0 Å². The van der Waals surface area contributed by atoms with Crippen molar-refractivity contribution < 1.29 is 4.65 Å². The van der Waals surface area contributed by atoms with Gasteiger partial charge in [-0.1, -0.05) is 75.4 Å². The molecule has 1 saturated heterocycles. The Hall–Kier alpha value is -1.58. The van der Waals surface area contributed by atoms with Crippen LogP contribution in [0.1, 0.15) is 39.2 Å². The van der Waals surface area contributed by atoms with E-state index in [-0.39, 0.29) is 14.3 Å². The maximum Gasteiger partial charge on any atom is 0.361 e. The SMILES string of the molecule is C.CCc1ccc(B(OCC2CCCCN2C)c2ccccc2)cc1. The Morgan fingerprint density at radius 2 is 1.68 bits per heavy atom. The van der Waals surface area contributed by atoms with Crippen LogP contribution in [-0.4, -0.2) is 38.1 Å². The molecule has 1 atom stereocenters. The number of likely N-dealkylation sites (tertiary alicyclic amines) is 1. The van der Waals surface area contributed by atoms with Crippen LogP contribution >= 0.6 is 0 Å². The molecular formula is C22H32BNO. The first-order valence-corrected chi connectivity index (χ1v) is 9.23. The highest BCUT2D eigenvalue weighted by Gasteiger charge is 2.25. The van der Waals surface area contributed by atoms with Crippen molar-refractivity contribution in [2.45, 2.75) is 46.1 Å². The van der Waals surface area contributed by atoms with Gasteiger partial charge in [-0.05, 0) is 49.3 Å². The Kier molecular flexibility index (Phi) is 7.73. The standard InChI is InChI=1S/C21H28BNO.CH4/c1-3-18-12-14-20(15-13-18)22(19-9-5-4-6-10-19)24-17-21-11-7-8-16-23(21)2;/h4-6,9-10,12-15,21H,3,7-8,11,16-17H2,1-2H3;1H4. The minimum Gasteiger partial charge on any atom is -0.425 e. The quantitative estimate of drug-likeness (QED) is 0.748. The molecule has 0 radical (unpaired) electrons. The molecular weight excluding hydrogens is 305 g/mol. The summed E-state index contributed by atoms with van der Waals surface area (Å²) >= 11 is 0. The van der Waals surface area contributed by atoms with Crippen molar-refractivity contribution in [1.29, 1.82) is 0 Å². The number of hydrogen-bond acceptors (Lipinski definition) is 2. The van der Waals surface area contributed by atoms with Crippen molar-refractivity contribution >= 4 is 17.8 Å². The van der Waals surface area contributed by atoms with Crippen molar-refractivity contribution in [3.63, 3.8) is 0 Å². The lowest BCUT2D eigenvalue weighted by molar-refractivity contribution is 0.127. The van der Waals surface area contributed by atoms with Crippen molar-refractivity contribution in [2.24, 2.45) is 0 Å². The van der Waals surface area contributed by atoms with Gasteiger partial charge in [-0.15, -0.1) is 0 Å². The summed E-state index contributed by atoms with van der Waals surface area (Å²) in [7, 11) is 2.22. The van der Waals surface area contributed by atoms with Gasteiger partial charge in [0.15, 0.2) is 0 Å². The minimum absolute atomic E-state index is 0. The molecule has 1 aliphatic rings. The van der Waals surface area contributed by atoms with Gasteiger partial charge < -0.3 is 9.55 Å². The van der Waals surface area contributed by atoms with E-state index in [1.165, 1.54) is 42.3 Å². The van der Waals surface area contributed by atoms with Crippen LogP contribution in [0.2, 0.25) is 0 Å². The van der Waals surface area contributed by atoms with Gasteiger partial charge >= 0.3 is 6.92 Å². The topological polar surface area (TPSA) is 12.5 Å². The van der Waals surface area contributed by atoms with Gasteiger partial charge in [0.25, 0.3) is 0 Å². The number of piperidine rings is 1. The van der Waals surface area contributed by atoms with Crippen LogP contribution in [0.25, 0.3) is 0 Å². The fraction of sp³-hybridized carbons (Fsp3) is 0.455. The predicted octanol–water partition coefficient (Wildman–Crippen LogP) is 3.49. The van der Waals surface area contributed by atoms with Gasteiger partial charge in [-0.2, -0.15) is 0 Å². The fourth-order valence-electron chi connectivity index (χ4n) is 3.50. The summed E-state index contributed by atoms with van der Waals surface area (Å²) in [6, 6.07) is 20.0. The van der Waals surface area contributed by atoms with Crippen LogP contribution in [0.4, 0.5) is 0 Å². The van der Waals surface area contributed by atoms with Crippen LogP contribution in [0.5, 0.6) is 0 Å². The van der Waals surface area contributed by atoms with E-state index in [4.69, 9.17) is 4.65 Å². The van der Waals surface area contributed by atoms with Crippen LogP contribution in [-0.2, 0) is 11.1 Å². The predicted molar refractivity (Wildman–Crippen MR) is 110 cm³/mol. The molecule has 0 bridgehead atoms. The first-order chi connectivity index (χ1) is 11.8. The average Bonchev–Trinajstić information content (AvgIpc) is 2.65. The third-order valence-electron chi connectivity index (χ3n) is 5.17. The molecule has 0 aromatic heterocycles. The number of hydrogen-bond donors (Lipinski definition) is 0. The maximum absolute atomic E-state index is 6.46. The summed E-state index contributed by atoms with van der Waals surface area (Å²) in [4.78, 5) is 2.45. The second kappa shape index (κ2) is 9.79. The monoisotopic (exact) mass is 337 g/mol. The van der Waals surface area contributed by atoms with Gasteiger partial charge in [-0.3, -0.25) is 0 Å². The summed E-state index contributed by atoms with van der Waals surface area (Å²) in [6.07, 6.45) is 4.95. The van der Waals surface area contributed by atoms with Crippen LogP contribution < -0.4 is 10.9 Å². The molecule has 2 aromatic rings. The molecule has 25 heavy (non-hydrogen) atoms. The van der Waals surface area contributed by atoms with Crippen LogP contribution in [0, 0.1) is 0 Å². The normalized spacial score (nSPS) is 17.8. The van der Waals surface area contributed by atoms with Crippen molar-refractivity contribution in [1.82, 2.24) is 4.90 Å². The van der Waals surface area contributed by atoms with Crippen molar-refractivity contribution in [2.75, 3.05) is 20.2 Å². The third-order valence-corrected chi connectivity index (χ3v) is 5.17. The molecule has 2 aromatic carbocycles. The minimum atomic E-state index is 0. The Morgan fingerprint density at radius 3 is 2.32 bits per heavy atom. The first kappa shape index (κ1) is 19.7. The second-order valence-electron chi connectivity index (χ2n) is 6.85. The summed E-state index contributed by atoms with van der Waals surface area (Å²) in [6.45, 7) is 4.20. The molecule has 1 fully saturated rings. The molecule has 0 amide bonds. The van der Waals surface area contributed by atoms with E-state index in [0.29, 0.717) is 6.04 Å². The number of rotatable bonds is 6. The highest BCUT2D eigenvalue weighted by Crippen LogP contribution is 2.15. The van der Waals surface area contributed by atoms with Crippen molar-refractivity contribution in [3.8, 4) is 0 Å². The molecule has 1 aliphatic heterocycles. The van der Waals surface area contributed by atoms with E-state index in [0.717, 1.165) is 13.0 Å². The van der Waals surface area contributed by atoms with Crippen LogP contribution in [0.3, 0.4) is 0 Å². The Balaban J connectivity index is 0.00000225. The molecule has 0 aliphatic carbocycles. The molecule has 0 spiro atoms. The zero-order valence-electron chi connectivity index (χ0n) is 14.9. The van der Waals surface area contributed by atoms with E-state index >= 15 is 0 Å². The molecule has 134 valence electrons. The lowest BCUT2D eigenvalue weighted by atomic mass is 9.55. The smallest absolute Gasteiger partial charge is 0.361 e.